The maximum absolute atomic E-state index is 10.2. The molecule has 1 rings (SSSR count). The Kier molecular flexibility index (Phi) is 2.87. The largest absolute Gasteiger partial charge is 0.508 e. The summed E-state index contributed by atoms with van der Waals surface area (Å²) in [5.41, 5.74) is 0.486. The lowest BCUT2D eigenvalue weighted by Crippen LogP contribution is -2.04. The molecule has 4 nitrogen and oxygen atoms in total. The molecule has 0 unspecified atom stereocenters. The smallest absolute Gasteiger partial charge is 0.306 e. The van der Waals surface area contributed by atoms with Crippen LogP contribution in [0.4, 0.5) is 0 Å². The van der Waals surface area contributed by atoms with Gasteiger partial charge in [-0.15, -0.1) is 0 Å². The van der Waals surface area contributed by atoms with Crippen LogP contribution in [0.15, 0.2) is 24.3 Å². The quantitative estimate of drug-likeness (QED) is 0.649. The minimum Gasteiger partial charge on any atom is -0.508 e. The second kappa shape index (κ2) is 3.91. The number of aliphatic hydroxyl groups excluding tert-OH is 1. The Morgan fingerprint density at radius 2 is 1.85 bits per heavy atom. The van der Waals surface area contributed by atoms with Gasteiger partial charge in [-0.3, -0.25) is 4.79 Å². The van der Waals surface area contributed by atoms with E-state index in [0.29, 0.717) is 5.56 Å². The fourth-order valence-corrected chi connectivity index (χ4v) is 0.980. The van der Waals surface area contributed by atoms with E-state index in [4.69, 9.17) is 10.2 Å². The number of aromatic hydroxyl groups is 1. The van der Waals surface area contributed by atoms with Crippen molar-refractivity contribution in [1.82, 2.24) is 0 Å². The summed E-state index contributed by atoms with van der Waals surface area (Å²) in [6.07, 6.45) is -1.34. The highest BCUT2D eigenvalue weighted by Gasteiger charge is 2.11. The molecule has 4 heteroatoms. The zero-order chi connectivity index (χ0) is 9.84. The third kappa shape index (κ3) is 2.76. The summed E-state index contributed by atoms with van der Waals surface area (Å²) in [5.74, 6) is -0.966. The lowest BCUT2D eigenvalue weighted by molar-refractivity contribution is -0.139. The van der Waals surface area contributed by atoms with Crippen LogP contribution in [0, 0.1) is 0 Å². The van der Waals surface area contributed by atoms with Gasteiger partial charge in [0.1, 0.15) is 5.75 Å². The van der Waals surface area contributed by atoms with Gasteiger partial charge in [-0.2, -0.15) is 0 Å². The molecule has 1 aromatic rings. The van der Waals surface area contributed by atoms with Crippen LogP contribution in [0.3, 0.4) is 0 Å². The molecule has 0 aliphatic heterocycles. The Labute approximate surface area is 75.1 Å². The molecule has 0 aromatic heterocycles. The van der Waals surface area contributed by atoms with Gasteiger partial charge < -0.3 is 15.3 Å². The van der Waals surface area contributed by atoms with E-state index >= 15 is 0 Å². The third-order valence-corrected chi connectivity index (χ3v) is 1.65. The number of carboxylic acids is 1. The molecule has 1 aromatic carbocycles. The van der Waals surface area contributed by atoms with Crippen molar-refractivity contribution in [2.24, 2.45) is 0 Å². The number of carbonyl (C=O) groups is 1. The molecule has 3 N–H and O–H groups in total. The number of hydrogen-bond donors (Lipinski definition) is 3. The second-order valence-corrected chi connectivity index (χ2v) is 2.71. The minimum atomic E-state index is -1.06. The van der Waals surface area contributed by atoms with Gasteiger partial charge in [0.2, 0.25) is 0 Å². The highest BCUT2D eigenvalue weighted by Crippen LogP contribution is 2.18. The Bertz CT molecular complexity index is 291. The zero-order valence-electron chi connectivity index (χ0n) is 6.84. The van der Waals surface area contributed by atoms with Gasteiger partial charge in [0.15, 0.2) is 0 Å². The number of aliphatic hydroxyl groups is 1. The molecule has 0 spiro atoms. The first-order valence-corrected chi connectivity index (χ1v) is 3.78. The average molecular weight is 182 g/mol. The molecular formula is C9H10O4. The van der Waals surface area contributed by atoms with E-state index in [1.807, 2.05) is 0 Å². The summed E-state index contributed by atoms with van der Waals surface area (Å²) in [6.45, 7) is 0. The van der Waals surface area contributed by atoms with Crippen LogP contribution in [0.1, 0.15) is 18.1 Å². The molecule has 0 aliphatic rings. The number of rotatable bonds is 3. The van der Waals surface area contributed by atoms with Crippen molar-refractivity contribution in [3.63, 3.8) is 0 Å². The normalized spacial score (nSPS) is 12.4. The predicted molar refractivity (Wildman–Crippen MR) is 45.3 cm³/mol. The first kappa shape index (κ1) is 9.54. The van der Waals surface area contributed by atoms with Crippen LogP contribution in [0.5, 0.6) is 5.75 Å². The van der Waals surface area contributed by atoms with Crippen molar-refractivity contribution in [1.29, 1.82) is 0 Å². The number of benzene rings is 1. The van der Waals surface area contributed by atoms with E-state index in [1.165, 1.54) is 24.3 Å². The van der Waals surface area contributed by atoms with Crippen LogP contribution >= 0.6 is 0 Å². The molecular weight excluding hydrogens is 172 g/mol. The zero-order valence-corrected chi connectivity index (χ0v) is 6.84. The third-order valence-electron chi connectivity index (χ3n) is 1.65. The molecule has 0 saturated heterocycles. The maximum atomic E-state index is 10.2. The molecule has 0 amide bonds. The number of phenols is 1. The van der Waals surface area contributed by atoms with Crippen molar-refractivity contribution in [3.8, 4) is 5.75 Å². The lowest BCUT2D eigenvalue weighted by atomic mass is 10.1. The van der Waals surface area contributed by atoms with Crippen molar-refractivity contribution in [2.75, 3.05) is 0 Å². The van der Waals surface area contributed by atoms with Crippen LogP contribution in [0.2, 0.25) is 0 Å². The summed E-state index contributed by atoms with van der Waals surface area (Å²) >= 11 is 0. The summed E-state index contributed by atoms with van der Waals surface area (Å²) in [4.78, 5) is 10.2. The minimum absolute atomic E-state index is 0.0891. The van der Waals surface area contributed by atoms with Gasteiger partial charge in [-0.05, 0) is 17.7 Å². The fourth-order valence-electron chi connectivity index (χ4n) is 0.980. The monoisotopic (exact) mass is 182 g/mol. The van der Waals surface area contributed by atoms with Gasteiger partial charge in [0.25, 0.3) is 0 Å². The van der Waals surface area contributed by atoms with Gasteiger partial charge in [-0.25, -0.2) is 0 Å². The van der Waals surface area contributed by atoms with Gasteiger partial charge >= 0.3 is 5.97 Å². The standard InChI is InChI=1S/C9H10O4/c10-7-3-1-6(2-4-7)8(11)5-9(12)13/h1-4,8,10-11H,5H2,(H,12,13)/t8-/m1/s1. The van der Waals surface area contributed by atoms with Gasteiger partial charge in [0.05, 0.1) is 12.5 Å². The van der Waals surface area contributed by atoms with Gasteiger partial charge in [0, 0.05) is 0 Å². The number of aliphatic carboxylic acids is 1. The van der Waals surface area contributed by atoms with Crippen molar-refractivity contribution in [3.05, 3.63) is 29.8 Å². The van der Waals surface area contributed by atoms with Gasteiger partial charge in [-0.1, -0.05) is 12.1 Å². The maximum Gasteiger partial charge on any atom is 0.306 e. The van der Waals surface area contributed by atoms with Crippen LogP contribution in [-0.4, -0.2) is 21.3 Å². The van der Waals surface area contributed by atoms with Crippen LogP contribution in [-0.2, 0) is 4.79 Å². The van der Waals surface area contributed by atoms with Crippen LogP contribution in [0.25, 0.3) is 0 Å². The first-order valence-electron chi connectivity index (χ1n) is 3.78. The van der Waals surface area contributed by atoms with E-state index in [1.54, 1.807) is 0 Å². The molecule has 0 saturated carbocycles. The predicted octanol–water partition coefficient (Wildman–Crippen LogP) is 0.900. The highest BCUT2D eigenvalue weighted by molar-refractivity contribution is 5.67. The topological polar surface area (TPSA) is 77.8 Å². The fraction of sp³-hybridized carbons (Fsp3) is 0.222. The molecule has 0 radical (unpaired) electrons. The van der Waals surface area contributed by atoms with Crippen LogP contribution < -0.4 is 0 Å². The lowest BCUT2D eigenvalue weighted by Gasteiger charge is -2.07. The Morgan fingerprint density at radius 3 is 2.31 bits per heavy atom. The molecule has 70 valence electrons. The number of phenolic OH excluding ortho intramolecular Hbond substituents is 1. The number of carboxylic acid groups (broad SMARTS) is 1. The molecule has 0 aliphatic carbocycles. The molecule has 1 atom stereocenters. The van der Waals surface area contributed by atoms with E-state index in [-0.39, 0.29) is 12.2 Å². The van der Waals surface area contributed by atoms with Crippen molar-refractivity contribution < 1.29 is 20.1 Å². The molecule has 0 bridgehead atoms. The van der Waals surface area contributed by atoms with E-state index in [0.717, 1.165) is 0 Å². The van der Waals surface area contributed by atoms with E-state index in [2.05, 4.69) is 0 Å². The Hall–Kier alpha value is -1.55. The summed E-state index contributed by atoms with van der Waals surface area (Å²) < 4.78 is 0. The second-order valence-electron chi connectivity index (χ2n) is 2.71. The van der Waals surface area contributed by atoms with E-state index < -0.39 is 12.1 Å². The highest BCUT2D eigenvalue weighted by atomic mass is 16.4. The SMILES string of the molecule is O=C(O)C[C@@H](O)c1ccc(O)cc1. The summed E-state index contributed by atoms with van der Waals surface area (Å²) in [7, 11) is 0. The number of hydrogen-bond acceptors (Lipinski definition) is 3. The Balaban J connectivity index is 2.71. The molecule has 0 heterocycles. The summed E-state index contributed by atoms with van der Waals surface area (Å²) in [6, 6.07) is 5.78. The Morgan fingerprint density at radius 1 is 1.31 bits per heavy atom. The first-order chi connectivity index (χ1) is 6.09. The van der Waals surface area contributed by atoms with Crippen molar-refractivity contribution in [2.45, 2.75) is 12.5 Å². The average Bonchev–Trinajstić information content (AvgIpc) is 2.04. The van der Waals surface area contributed by atoms with Crippen molar-refractivity contribution >= 4 is 5.97 Å². The summed E-state index contributed by atoms with van der Waals surface area (Å²) in [5, 5.41) is 26.6. The van der Waals surface area contributed by atoms with E-state index in [9.17, 15) is 9.90 Å². The molecule has 0 fully saturated rings. The molecule has 13 heavy (non-hydrogen) atoms.